The van der Waals surface area contributed by atoms with E-state index >= 15 is 0 Å². The van der Waals surface area contributed by atoms with Gasteiger partial charge in [-0.15, -0.1) is 0 Å². The molecule has 1 aromatic heterocycles. The number of alkyl halides is 4. The zero-order valence-corrected chi connectivity index (χ0v) is 12.7. The molecule has 1 aliphatic rings. The van der Waals surface area contributed by atoms with E-state index in [1.54, 1.807) is 30.3 Å². The number of carbonyl (C=O) groups is 1. The average molecular weight is 342 g/mol. The van der Waals surface area contributed by atoms with E-state index in [0.717, 1.165) is 7.05 Å². The number of halogens is 4. The zero-order chi connectivity index (χ0) is 17.5. The van der Waals surface area contributed by atoms with Gasteiger partial charge in [0, 0.05) is 19.9 Å². The number of hydrogen-bond acceptors (Lipinski definition) is 3. The van der Waals surface area contributed by atoms with Crippen LogP contribution < -0.4 is 0 Å². The molecular weight excluding hydrogens is 328 g/mol. The topological polar surface area (TPSA) is 44.1 Å². The summed E-state index contributed by atoms with van der Waals surface area (Å²) in [5.74, 6) is -8.16. The molecule has 0 unspecified atom stereocenters. The van der Waals surface area contributed by atoms with Gasteiger partial charge in [0.15, 0.2) is 5.69 Å². The van der Waals surface area contributed by atoms with Gasteiger partial charge in [-0.1, -0.05) is 30.3 Å². The minimum atomic E-state index is -3.55. The van der Waals surface area contributed by atoms with Crippen molar-refractivity contribution in [3.05, 3.63) is 52.8 Å². The first-order valence-electron chi connectivity index (χ1n) is 7.27. The fourth-order valence-electron chi connectivity index (χ4n) is 2.78. The van der Waals surface area contributed by atoms with Crippen LogP contribution in [0.3, 0.4) is 0 Å². The normalized spacial score (nSPS) is 18.0. The molecule has 0 fully saturated rings. The molecule has 0 saturated carbocycles. The quantitative estimate of drug-likeness (QED) is 0.630. The Morgan fingerprint density at radius 1 is 1.17 bits per heavy atom. The van der Waals surface area contributed by atoms with Gasteiger partial charge >= 0.3 is 5.97 Å². The highest BCUT2D eigenvalue weighted by Crippen LogP contribution is 2.50. The number of rotatable bonds is 3. The van der Waals surface area contributed by atoms with Gasteiger partial charge in [0.2, 0.25) is 0 Å². The minimum absolute atomic E-state index is 0.160. The maximum absolute atomic E-state index is 14.1. The van der Waals surface area contributed by atoms with Crippen molar-refractivity contribution in [1.29, 1.82) is 0 Å². The number of hydrogen-bond donors (Lipinski definition) is 0. The number of ether oxygens (including phenoxy) is 1. The van der Waals surface area contributed by atoms with Gasteiger partial charge in [-0.25, -0.2) is 13.6 Å². The van der Waals surface area contributed by atoms with Crippen molar-refractivity contribution in [3.8, 4) is 0 Å². The molecule has 1 heterocycles. The second-order valence-corrected chi connectivity index (χ2v) is 5.67. The maximum Gasteiger partial charge on any atom is 0.359 e. The Balaban J connectivity index is 1.93. The van der Waals surface area contributed by atoms with Gasteiger partial charge in [0.05, 0.1) is 5.56 Å². The molecule has 0 spiro atoms. The van der Waals surface area contributed by atoms with Crippen LogP contribution in [-0.2, 0) is 30.2 Å². The third-order valence-electron chi connectivity index (χ3n) is 3.92. The van der Waals surface area contributed by atoms with E-state index in [9.17, 15) is 22.4 Å². The van der Waals surface area contributed by atoms with Crippen LogP contribution in [0.25, 0.3) is 0 Å². The van der Waals surface area contributed by atoms with Crippen molar-refractivity contribution < 1.29 is 27.1 Å². The molecule has 1 aliphatic carbocycles. The Morgan fingerprint density at radius 3 is 2.46 bits per heavy atom. The molecule has 4 nitrogen and oxygen atoms in total. The summed E-state index contributed by atoms with van der Waals surface area (Å²) in [6.45, 7) is -0.160. The van der Waals surface area contributed by atoms with Crippen LogP contribution in [0.5, 0.6) is 0 Å². The van der Waals surface area contributed by atoms with Crippen LogP contribution in [0.15, 0.2) is 30.3 Å². The van der Waals surface area contributed by atoms with E-state index in [4.69, 9.17) is 4.74 Å². The molecule has 0 N–H and O–H groups in total. The largest absolute Gasteiger partial charge is 0.456 e. The summed E-state index contributed by atoms with van der Waals surface area (Å²) in [5, 5.41) is 3.58. The smallest absolute Gasteiger partial charge is 0.359 e. The molecule has 0 aliphatic heterocycles. The molecule has 0 atom stereocenters. The molecule has 8 heteroatoms. The van der Waals surface area contributed by atoms with Gasteiger partial charge in [-0.2, -0.15) is 13.9 Å². The van der Waals surface area contributed by atoms with Crippen LogP contribution in [0, 0.1) is 0 Å². The number of esters is 1. The Bertz CT molecular complexity index is 772. The molecule has 24 heavy (non-hydrogen) atoms. The Labute approximate surface area is 135 Å². The fraction of sp³-hybridized carbons (Fsp3) is 0.375. The van der Waals surface area contributed by atoms with Crippen molar-refractivity contribution in [3.63, 3.8) is 0 Å². The first-order chi connectivity index (χ1) is 11.2. The molecular formula is C16H14F4N2O2. The Kier molecular flexibility index (Phi) is 3.85. The molecule has 128 valence electrons. The van der Waals surface area contributed by atoms with E-state index < -0.39 is 47.6 Å². The summed E-state index contributed by atoms with van der Waals surface area (Å²) in [4.78, 5) is 12.1. The molecule has 0 amide bonds. The Morgan fingerprint density at radius 2 is 1.79 bits per heavy atom. The summed E-state index contributed by atoms with van der Waals surface area (Å²) < 4.78 is 61.9. The minimum Gasteiger partial charge on any atom is -0.456 e. The third-order valence-corrected chi connectivity index (χ3v) is 3.92. The van der Waals surface area contributed by atoms with Crippen LogP contribution in [-0.4, -0.2) is 15.7 Å². The number of fused-ring (bicyclic) bond motifs is 1. The van der Waals surface area contributed by atoms with Gasteiger partial charge < -0.3 is 4.74 Å². The molecule has 0 bridgehead atoms. The lowest BCUT2D eigenvalue weighted by molar-refractivity contribution is -0.0999. The van der Waals surface area contributed by atoms with Crippen molar-refractivity contribution in [1.82, 2.24) is 9.78 Å². The average Bonchev–Trinajstić information content (AvgIpc) is 2.91. The lowest BCUT2D eigenvalue weighted by atomic mass is 9.89. The summed E-state index contributed by atoms with van der Waals surface area (Å²) in [7, 11) is 1.11. The predicted molar refractivity (Wildman–Crippen MR) is 75.8 cm³/mol. The molecule has 1 aromatic carbocycles. The van der Waals surface area contributed by atoms with Gasteiger partial charge in [0.1, 0.15) is 12.3 Å². The lowest BCUT2D eigenvalue weighted by Gasteiger charge is -2.29. The second-order valence-electron chi connectivity index (χ2n) is 5.67. The van der Waals surface area contributed by atoms with Crippen LogP contribution in [0.2, 0.25) is 0 Å². The highest BCUT2D eigenvalue weighted by atomic mass is 19.3. The van der Waals surface area contributed by atoms with Crippen LogP contribution >= 0.6 is 0 Å². The van der Waals surface area contributed by atoms with E-state index in [1.807, 2.05) is 0 Å². The maximum atomic E-state index is 14.1. The first kappa shape index (κ1) is 16.5. The summed E-state index contributed by atoms with van der Waals surface area (Å²) in [6, 6.07) is 8.58. The SMILES string of the molecule is Cn1nc(C(=O)OCc2ccccc2)c2c1C(F)(F)CCC2(F)F. The van der Waals surface area contributed by atoms with Crippen molar-refractivity contribution in [2.75, 3.05) is 0 Å². The van der Waals surface area contributed by atoms with Crippen molar-refractivity contribution in [2.45, 2.75) is 31.3 Å². The van der Waals surface area contributed by atoms with Crippen molar-refractivity contribution in [2.24, 2.45) is 7.05 Å². The first-order valence-corrected chi connectivity index (χ1v) is 7.27. The van der Waals surface area contributed by atoms with Gasteiger partial charge in [-0.05, 0) is 5.56 Å². The summed E-state index contributed by atoms with van der Waals surface area (Å²) in [5.41, 5.74) is -2.06. The van der Waals surface area contributed by atoms with E-state index in [-0.39, 0.29) is 6.61 Å². The van der Waals surface area contributed by atoms with Crippen molar-refractivity contribution >= 4 is 5.97 Å². The highest BCUT2D eigenvalue weighted by Gasteiger charge is 2.54. The molecule has 3 rings (SSSR count). The summed E-state index contributed by atoms with van der Waals surface area (Å²) >= 11 is 0. The van der Waals surface area contributed by atoms with E-state index in [1.165, 1.54) is 0 Å². The highest BCUT2D eigenvalue weighted by molar-refractivity contribution is 5.89. The number of nitrogens with zero attached hydrogens (tertiary/aromatic N) is 2. The third kappa shape index (κ3) is 2.76. The number of benzene rings is 1. The number of carbonyl (C=O) groups excluding carboxylic acids is 1. The summed E-state index contributed by atoms with van der Waals surface area (Å²) in [6.07, 6.45) is -2.04. The fourth-order valence-corrected chi connectivity index (χ4v) is 2.78. The zero-order valence-electron chi connectivity index (χ0n) is 12.7. The molecule has 2 aromatic rings. The van der Waals surface area contributed by atoms with E-state index in [0.29, 0.717) is 10.2 Å². The Hall–Kier alpha value is -2.38. The van der Waals surface area contributed by atoms with Crippen LogP contribution in [0.1, 0.15) is 40.2 Å². The lowest BCUT2D eigenvalue weighted by Crippen LogP contribution is -2.32. The predicted octanol–water partition coefficient (Wildman–Crippen LogP) is 3.75. The molecule has 0 radical (unpaired) electrons. The van der Waals surface area contributed by atoms with Gasteiger partial charge in [-0.3, -0.25) is 4.68 Å². The monoisotopic (exact) mass is 342 g/mol. The number of aryl methyl sites for hydroxylation is 1. The van der Waals surface area contributed by atoms with Gasteiger partial charge in [0.25, 0.3) is 11.8 Å². The second kappa shape index (κ2) is 5.61. The van der Waals surface area contributed by atoms with E-state index in [2.05, 4.69) is 5.10 Å². The van der Waals surface area contributed by atoms with Crippen LogP contribution in [0.4, 0.5) is 17.6 Å². The number of aromatic nitrogens is 2. The standard InChI is InChI=1S/C16H14F4N2O2/c1-22-13-11(15(17,18)7-8-16(13,19)20)12(21-22)14(23)24-9-10-5-3-2-4-6-10/h2-6H,7-9H2,1H3. The molecule has 0 saturated heterocycles.